The Morgan fingerprint density at radius 2 is 1.20 bits per heavy atom. The second-order valence-electron chi connectivity index (χ2n) is 14.8. The van der Waals surface area contributed by atoms with Gasteiger partial charge in [-0.3, -0.25) is 19.4 Å². The maximum atomic E-state index is 14.1. The Hall–Kier alpha value is -6.61. The van der Waals surface area contributed by atoms with Crippen molar-refractivity contribution in [1.29, 1.82) is 0 Å². The third-order valence-electron chi connectivity index (χ3n) is 10.2. The minimum absolute atomic E-state index is 0. The molecule has 0 aliphatic rings. The van der Waals surface area contributed by atoms with E-state index in [2.05, 4.69) is 34.1 Å². The second-order valence-corrected chi connectivity index (χ2v) is 14.8. The number of carbonyl (C=O) groups excluding carboxylic acids is 4. The summed E-state index contributed by atoms with van der Waals surface area (Å²) < 4.78 is 18.0. The molecule has 0 spiro atoms. The van der Waals surface area contributed by atoms with E-state index in [1.807, 2.05) is 103 Å². The molecule has 14 nitrogen and oxygen atoms in total. The van der Waals surface area contributed by atoms with Gasteiger partial charge in [0.1, 0.15) is 42.8 Å². The van der Waals surface area contributed by atoms with Crippen LogP contribution in [0.25, 0.3) is 32.7 Å². The highest BCUT2D eigenvalue weighted by molar-refractivity contribution is 6.10. The number of ether oxygens (including phenoxy) is 3. The Balaban J connectivity index is 0.00000561. The molecule has 0 radical (unpaired) electrons. The lowest BCUT2D eigenvalue weighted by Gasteiger charge is -2.25. The standard InChI is InChI=1S/C49H57N7O7.2ClH/c1-3-15-40(48(60)63-31-33-16-6-5-7-17-33)56-47(59)39(23-14-29-53-49(51)52)55-46(58)38(22-12-13-28-50)54-43(57)32-62-42-27-25-35-19-9-11-21-37(35)45(42)44-36-20-10-8-18-34(36)24-26-41(44)61-30-4-2;;/h3-11,16-21,24-27,38-40H,1-2,12-15,22-23,28-32,50H2,(H,54,57)(H,55,58)(H,56,59)(H4,51,52,53);2*1H/t38-,39-,40-;;/m1../s1. The van der Waals surface area contributed by atoms with Gasteiger partial charge >= 0.3 is 5.97 Å². The van der Waals surface area contributed by atoms with Gasteiger partial charge < -0.3 is 47.4 Å². The maximum Gasteiger partial charge on any atom is 0.329 e. The molecule has 65 heavy (non-hydrogen) atoms. The highest BCUT2D eigenvalue weighted by Gasteiger charge is 2.30. The van der Waals surface area contributed by atoms with Crippen LogP contribution in [0.2, 0.25) is 0 Å². The van der Waals surface area contributed by atoms with Crippen LogP contribution in [0.3, 0.4) is 0 Å². The van der Waals surface area contributed by atoms with E-state index in [9.17, 15) is 19.2 Å². The summed E-state index contributed by atoms with van der Waals surface area (Å²) in [7, 11) is 0. The van der Waals surface area contributed by atoms with E-state index in [0.29, 0.717) is 37.3 Å². The average Bonchev–Trinajstić information content (AvgIpc) is 3.29. The lowest BCUT2D eigenvalue weighted by Crippen LogP contribution is -2.56. The van der Waals surface area contributed by atoms with E-state index in [-0.39, 0.29) is 69.8 Å². The first-order valence-electron chi connectivity index (χ1n) is 21.0. The summed E-state index contributed by atoms with van der Waals surface area (Å²) >= 11 is 0. The van der Waals surface area contributed by atoms with Crippen molar-refractivity contribution < 1.29 is 33.4 Å². The molecule has 9 N–H and O–H groups in total. The number of benzene rings is 5. The van der Waals surface area contributed by atoms with Gasteiger partial charge in [0, 0.05) is 17.7 Å². The molecule has 0 fully saturated rings. The Morgan fingerprint density at radius 3 is 1.78 bits per heavy atom. The highest BCUT2D eigenvalue weighted by atomic mass is 35.5. The Labute approximate surface area is 392 Å². The summed E-state index contributed by atoms with van der Waals surface area (Å²) in [6.45, 7) is 7.95. The smallest absolute Gasteiger partial charge is 0.329 e. The van der Waals surface area contributed by atoms with Gasteiger partial charge in [-0.05, 0) is 84.3 Å². The highest BCUT2D eigenvalue weighted by Crippen LogP contribution is 2.45. The number of guanidine groups is 1. The van der Waals surface area contributed by atoms with Gasteiger partial charge in [-0.25, -0.2) is 4.79 Å². The molecular weight excluding hydrogens is 869 g/mol. The molecule has 0 aliphatic heterocycles. The number of aliphatic imine (C=N–C) groups is 1. The monoisotopic (exact) mass is 927 g/mol. The van der Waals surface area contributed by atoms with Crippen LogP contribution < -0.4 is 42.6 Å². The van der Waals surface area contributed by atoms with E-state index in [1.165, 1.54) is 6.08 Å². The van der Waals surface area contributed by atoms with E-state index in [4.69, 9.17) is 31.4 Å². The normalized spacial score (nSPS) is 11.9. The van der Waals surface area contributed by atoms with Gasteiger partial charge in [0.2, 0.25) is 11.8 Å². The molecule has 0 saturated heterocycles. The summed E-state index contributed by atoms with van der Waals surface area (Å²) in [6, 6.07) is 29.3. The molecule has 0 heterocycles. The van der Waals surface area contributed by atoms with Crippen LogP contribution in [0.4, 0.5) is 0 Å². The number of nitrogens with one attached hydrogen (secondary N) is 3. The number of amides is 3. The zero-order valence-corrected chi connectivity index (χ0v) is 37.9. The van der Waals surface area contributed by atoms with Crippen LogP contribution in [-0.4, -0.2) is 74.1 Å². The first kappa shape index (κ1) is 52.7. The van der Waals surface area contributed by atoms with Crippen LogP contribution in [0.15, 0.2) is 133 Å². The lowest BCUT2D eigenvalue weighted by molar-refractivity contribution is -0.149. The third-order valence-corrected chi connectivity index (χ3v) is 10.2. The molecule has 16 heteroatoms. The number of rotatable bonds is 25. The summed E-state index contributed by atoms with van der Waals surface area (Å²) in [4.78, 5) is 58.9. The third kappa shape index (κ3) is 15.6. The van der Waals surface area contributed by atoms with Gasteiger partial charge in [0.05, 0.1) is 0 Å². The van der Waals surface area contributed by atoms with Gasteiger partial charge in [-0.2, -0.15) is 0 Å². The molecule has 5 aromatic rings. The topological polar surface area (TPSA) is 222 Å². The van der Waals surface area contributed by atoms with Crippen LogP contribution >= 0.6 is 24.8 Å². The van der Waals surface area contributed by atoms with E-state index in [0.717, 1.165) is 38.2 Å². The predicted octanol–water partition coefficient (Wildman–Crippen LogP) is 6.40. The number of halogens is 2. The number of hydrogen-bond donors (Lipinski definition) is 6. The number of unbranched alkanes of at least 4 members (excludes halogenated alkanes) is 1. The average molecular weight is 929 g/mol. The fourth-order valence-corrected chi connectivity index (χ4v) is 7.08. The molecule has 0 aliphatic carbocycles. The van der Waals surface area contributed by atoms with Crippen molar-refractivity contribution in [2.75, 3.05) is 26.3 Å². The van der Waals surface area contributed by atoms with E-state index < -0.39 is 48.4 Å². The molecule has 0 bridgehead atoms. The minimum Gasteiger partial charge on any atom is -0.489 e. The molecule has 0 unspecified atom stereocenters. The first-order valence-corrected chi connectivity index (χ1v) is 21.0. The van der Waals surface area contributed by atoms with Crippen molar-refractivity contribution in [2.45, 2.75) is 63.3 Å². The van der Waals surface area contributed by atoms with Gasteiger partial charge in [-0.15, -0.1) is 31.4 Å². The summed E-state index contributed by atoms with van der Waals surface area (Å²) in [5.41, 5.74) is 19.1. The van der Waals surface area contributed by atoms with Crippen LogP contribution in [0.5, 0.6) is 11.5 Å². The lowest BCUT2D eigenvalue weighted by atomic mass is 9.92. The number of nitrogens with two attached hydrogens (primary N) is 3. The number of hydrogen-bond acceptors (Lipinski definition) is 9. The largest absolute Gasteiger partial charge is 0.489 e. The maximum absolute atomic E-state index is 14.1. The number of fused-ring (bicyclic) bond motifs is 2. The van der Waals surface area contributed by atoms with Gasteiger partial charge in [0.15, 0.2) is 12.6 Å². The summed E-state index contributed by atoms with van der Waals surface area (Å²) in [5, 5.41) is 12.1. The summed E-state index contributed by atoms with van der Waals surface area (Å²) in [5.74, 6) is -1.55. The molecule has 3 atom stereocenters. The van der Waals surface area contributed by atoms with Crippen molar-refractivity contribution in [1.82, 2.24) is 16.0 Å². The number of esters is 1. The summed E-state index contributed by atoms with van der Waals surface area (Å²) in [6.07, 6.45) is 4.99. The number of nitrogens with zero attached hydrogens (tertiary/aromatic N) is 1. The van der Waals surface area contributed by atoms with Crippen LogP contribution in [0.1, 0.15) is 44.1 Å². The fraction of sp³-hybridized carbons (Fsp3) is 0.286. The van der Waals surface area contributed by atoms with Crippen molar-refractivity contribution in [3.05, 3.63) is 134 Å². The van der Waals surface area contributed by atoms with E-state index in [1.54, 1.807) is 6.08 Å². The van der Waals surface area contributed by atoms with Crippen molar-refractivity contribution in [2.24, 2.45) is 22.2 Å². The van der Waals surface area contributed by atoms with Crippen LogP contribution in [0, 0.1) is 0 Å². The van der Waals surface area contributed by atoms with Crippen LogP contribution in [-0.2, 0) is 30.5 Å². The van der Waals surface area contributed by atoms with Crippen molar-refractivity contribution in [3.63, 3.8) is 0 Å². The SMILES string of the molecule is C=CCOc1ccc2ccccc2c1-c1c(OCC(=O)N[C@H](CCCCN)C(=O)N[C@H](CCCN=C(N)N)C(=O)N[C@H](CC=C)C(=O)OCc2ccccc2)ccc2ccccc12.Cl.Cl. The number of carbonyl (C=O) groups is 4. The predicted molar refractivity (Wildman–Crippen MR) is 262 cm³/mol. The fourth-order valence-electron chi connectivity index (χ4n) is 7.08. The second kappa shape index (κ2) is 27.5. The molecule has 0 saturated carbocycles. The quantitative estimate of drug-likeness (QED) is 0.0124. The van der Waals surface area contributed by atoms with E-state index >= 15 is 0 Å². The first-order chi connectivity index (χ1) is 30.6. The minimum atomic E-state index is -1.13. The molecule has 3 amide bonds. The Morgan fingerprint density at radius 1 is 0.646 bits per heavy atom. The van der Waals surface area contributed by atoms with Crippen molar-refractivity contribution in [3.8, 4) is 22.6 Å². The molecule has 5 rings (SSSR count). The Bertz CT molecular complexity index is 2400. The van der Waals surface area contributed by atoms with Crippen molar-refractivity contribution >= 4 is 76.0 Å². The Kier molecular flexibility index (Phi) is 22.3. The molecule has 346 valence electrons. The van der Waals surface area contributed by atoms with Gasteiger partial charge in [-0.1, -0.05) is 110 Å². The molecular formula is C49H59Cl2N7O7. The zero-order valence-electron chi connectivity index (χ0n) is 36.2. The molecule has 0 aromatic heterocycles. The zero-order chi connectivity index (χ0) is 45.0. The van der Waals surface area contributed by atoms with Gasteiger partial charge in [0.25, 0.3) is 5.91 Å². The molecule has 5 aromatic carbocycles.